The molecule has 29 heavy (non-hydrogen) atoms. The van der Waals surface area contributed by atoms with Crippen LogP contribution in [0.15, 0.2) is 42.5 Å². The van der Waals surface area contributed by atoms with Crippen molar-refractivity contribution in [3.8, 4) is 0 Å². The highest BCUT2D eigenvalue weighted by Gasteiger charge is 2.31. The van der Waals surface area contributed by atoms with Crippen LogP contribution < -0.4 is 20.9 Å². The number of anilines is 1. The minimum Gasteiger partial charge on any atom is -0.355 e. The first kappa shape index (κ1) is 20.6. The van der Waals surface area contributed by atoms with Crippen molar-refractivity contribution in [3.63, 3.8) is 0 Å². The molecule has 7 nitrogen and oxygen atoms in total. The van der Waals surface area contributed by atoms with Crippen molar-refractivity contribution in [1.29, 1.82) is 0 Å². The van der Waals surface area contributed by atoms with E-state index in [0.717, 1.165) is 5.56 Å². The van der Waals surface area contributed by atoms with Crippen LogP contribution in [0.5, 0.6) is 0 Å². The minimum absolute atomic E-state index is 0.0159. The van der Waals surface area contributed by atoms with Crippen molar-refractivity contribution < 1.29 is 18.8 Å². The Kier molecular flexibility index (Phi) is 6.33. The molecular formula is C20H20ClFN4O3. The lowest BCUT2D eigenvalue weighted by atomic mass is 10.1. The van der Waals surface area contributed by atoms with E-state index in [2.05, 4.69) is 16.0 Å². The second-order valence-electron chi connectivity index (χ2n) is 6.61. The molecule has 1 fully saturated rings. The third-order valence-electron chi connectivity index (χ3n) is 4.57. The molecule has 1 aliphatic rings. The van der Waals surface area contributed by atoms with Gasteiger partial charge in [-0.3, -0.25) is 9.59 Å². The maximum atomic E-state index is 13.6. The molecular weight excluding hydrogens is 399 g/mol. The molecule has 1 aliphatic heterocycles. The summed E-state index contributed by atoms with van der Waals surface area (Å²) in [5, 5.41) is 7.99. The van der Waals surface area contributed by atoms with Crippen molar-refractivity contribution in [3.05, 3.63) is 64.4 Å². The van der Waals surface area contributed by atoms with Crippen molar-refractivity contribution in [2.24, 2.45) is 0 Å². The first-order chi connectivity index (χ1) is 13.9. The number of carbonyl (C=O) groups excluding carboxylic acids is 3. The van der Waals surface area contributed by atoms with Gasteiger partial charge in [-0.1, -0.05) is 23.7 Å². The van der Waals surface area contributed by atoms with Gasteiger partial charge in [-0.05, 0) is 35.9 Å². The van der Waals surface area contributed by atoms with E-state index in [0.29, 0.717) is 11.3 Å². The smallest absolute Gasteiger partial charge is 0.315 e. The fourth-order valence-electron chi connectivity index (χ4n) is 3.04. The SMILES string of the molecule is CNC(=O)c1ccc(CNC(=O)NC2CC(=O)N(c3ccc(Cl)c(F)c3)C2)cc1. The van der Waals surface area contributed by atoms with Crippen LogP contribution in [0.4, 0.5) is 14.9 Å². The monoisotopic (exact) mass is 418 g/mol. The number of nitrogens with one attached hydrogen (secondary N) is 3. The molecule has 0 bridgehead atoms. The zero-order valence-corrected chi connectivity index (χ0v) is 16.4. The summed E-state index contributed by atoms with van der Waals surface area (Å²) in [4.78, 5) is 37.3. The predicted molar refractivity (Wildman–Crippen MR) is 107 cm³/mol. The molecule has 1 unspecified atom stereocenters. The summed E-state index contributed by atoms with van der Waals surface area (Å²) in [5.41, 5.74) is 1.76. The van der Waals surface area contributed by atoms with Crippen LogP contribution in [0.2, 0.25) is 5.02 Å². The van der Waals surface area contributed by atoms with Crippen LogP contribution in [-0.4, -0.2) is 37.5 Å². The molecule has 0 saturated carbocycles. The van der Waals surface area contributed by atoms with E-state index in [1.807, 2.05) is 0 Å². The van der Waals surface area contributed by atoms with Gasteiger partial charge < -0.3 is 20.9 Å². The number of benzene rings is 2. The fraction of sp³-hybridized carbons (Fsp3) is 0.250. The Morgan fingerprint density at radius 1 is 1.21 bits per heavy atom. The maximum absolute atomic E-state index is 13.6. The van der Waals surface area contributed by atoms with E-state index in [4.69, 9.17) is 11.6 Å². The number of hydrogen-bond donors (Lipinski definition) is 3. The normalized spacial score (nSPS) is 15.9. The zero-order chi connectivity index (χ0) is 21.0. The lowest BCUT2D eigenvalue weighted by Crippen LogP contribution is -2.43. The summed E-state index contributed by atoms with van der Waals surface area (Å²) >= 11 is 5.67. The average molecular weight is 419 g/mol. The van der Waals surface area contributed by atoms with E-state index in [-0.39, 0.29) is 36.3 Å². The van der Waals surface area contributed by atoms with E-state index in [1.165, 1.54) is 17.0 Å². The summed E-state index contributed by atoms with van der Waals surface area (Å²) in [6.45, 7) is 0.515. The first-order valence-corrected chi connectivity index (χ1v) is 9.36. The molecule has 9 heteroatoms. The van der Waals surface area contributed by atoms with Crippen molar-refractivity contribution in [2.45, 2.75) is 19.0 Å². The summed E-state index contributed by atoms with van der Waals surface area (Å²) in [6, 6.07) is 10.2. The van der Waals surface area contributed by atoms with Crippen LogP contribution in [0.1, 0.15) is 22.3 Å². The molecule has 0 radical (unpaired) electrons. The quantitative estimate of drug-likeness (QED) is 0.696. The minimum atomic E-state index is -0.603. The highest BCUT2D eigenvalue weighted by molar-refractivity contribution is 6.30. The summed E-state index contributed by atoms with van der Waals surface area (Å²) in [7, 11) is 1.56. The zero-order valence-electron chi connectivity index (χ0n) is 15.7. The molecule has 1 heterocycles. The van der Waals surface area contributed by atoms with Crippen molar-refractivity contribution >= 4 is 35.1 Å². The largest absolute Gasteiger partial charge is 0.355 e. The number of hydrogen-bond acceptors (Lipinski definition) is 3. The van der Waals surface area contributed by atoms with Crippen LogP contribution in [0.25, 0.3) is 0 Å². The van der Waals surface area contributed by atoms with Gasteiger partial charge in [0.05, 0.1) is 11.1 Å². The highest BCUT2D eigenvalue weighted by atomic mass is 35.5. The second-order valence-corrected chi connectivity index (χ2v) is 7.01. The highest BCUT2D eigenvalue weighted by Crippen LogP contribution is 2.25. The van der Waals surface area contributed by atoms with Gasteiger partial charge in [0.1, 0.15) is 5.82 Å². The molecule has 152 valence electrons. The number of urea groups is 1. The molecule has 0 aliphatic carbocycles. The standard InChI is InChI=1S/C20H20ClFN4O3/c1-23-19(28)13-4-2-12(3-5-13)10-24-20(29)25-14-8-18(27)26(11-14)15-6-7-16(21)17(22)9-15/h2-7,9,14H,8,10-11H2,1H3,(H,23,28)(H2,24,25,29). The first-order valence-electron chi connectivity index (χ1n) is 8.98. The molecule has 3 N–H and O–H groups in total. The molecule has 2 aromatic rings. The molecule has 1 saturated heterocycles. The lowest BCUT2D eigenvalue weighted by Gasteiger charge is -2.18. The molecule has 1 atom stereocenters. The average Bonchev–Trinajstić information content (AvgIpc) is 3.08. The van der Waals surface area contributed by atoms with Gasteiger partial charge in [-0.2, -0.15) is 0 Å². The molecule has 4 amide bonds. The molecule has 0 aromatic heterocycles. The molecule has 2 aromatic carbocycles. The number of rotatable bonds is 5. The third-order valence-corrected chi connectivity index (χ3v) is 4.88. The number of amides is 4. The van der Waals surface area contributed by atoms with Crippen molar-refractivity contribution in [2.75, 3.05) is 18.5 Å². The van der Waals surface area contributed by atoms with Gasteiger partial charge in [0, 0.05) is 37.8 Å². The maximum Gasteiger partial charge on any atom is 0.315 e. The topological polar surface area (TPSA) is 90.5 Å². The number of carbonyl (C=O) groups is 3. The second kappa shape index (κ2) is 8.91. The third kappa shape index (κ3) is 5.03. The molecule has 0 spiro atoms. The Morgan fingerprint density at radius 3 is 2.59 bits per heavy atom. The lowest BCUT2D eigenvalue weighted by molar-refractivity contribution is -0.117. The number of nitrogens with zero attached hydrogens (tertiary/aromatic N) is 1. The Labute approximate surface area is 172 Å². The summed E-state index contributed by atoms with van der Waals surface area (Å²) in [6.07, 6.45) is 0.124. The Bertz CT molecular complexity index is 936. The molecule has 3 rings (SSSR count). The van der Waals surface area contributed by atoms with E-state index >= 15 is 0 Å². The van der Waals surface area contributed by atoms with E-state index in [9.17, 15) is 18.8 Å². The number of halogens is 2. The Hall–Kier alpha value is -3.13. The predicted octanol–water partition coefficient (Wildman–Crippen LogP) is 2.44. The van der Waals surface area contributed by atoms with E-state index in [1.54, 1.807) is 37.4 Å². The van der Waals surface area contributed by atoms with Crippen LogP contribution in [-0.2, 0) is 11.3 Å². The van der Waals surface area contributed by atoms with Gasteiger partial charge in [-0.15, -0.1) is 0 Å². The van der Waals surface area contributed by atoms with Gasteiger partial charge >= 0.3 is 6.03 Å². The van der Waals surface area contributed by atoms with Gasteiger partial charge in [0.2, 0.25) is 5.91 Å². The summed E-state index contributed by atoms with van der Waals surface area (Å²) < 4.78 is 13.6. The van der Waals surface area contributed by atoms with Gasteiger partial charge in [0.25, 0.3) is 5.91 Å². The van der Waals surface area contributed by atoms with Crippen LogP contribution in [0, 0.1) is 5.82 Å². The Balaban J connectivity index is 1.51. The van der Waals surface area contributed by atoms with Crippen LogP contribution >= 0.6 is 11.6 Å². The summed E-state index contributed by atoms with van der Waals surface area (Å²) in [5.74, 6) is -0.992. The van der Waals surface area contributed by atoms with E-state index < -0.39 is 17.9 Å². The van der Waals surface area contributed by atoms with Gasteiger partial charge in [0.15, 0.2) is 0 Å². The van der Waals surface area contributed by atoms with Crippen molar-refractivity contribution in [1.82, 2.24) is 16.0 Å². The van der Waals surface area contributed by atoms with Gasteiger partial charge in [-0.25, -0.2) is 9.18 Å². The fourth-order valence-corrected chi connectivity index (χ4v) is 3.16. The Morgan fingerprint density at radius 2 is 1.93 bits per heavy atom. The van der Waals surface area contributed by atoms with Crippen LogP contribution in [0.3, 0.4) is 0 Å².